The molecule has 4 aromatic rings. The van der Waals surface area contributed by atoms with E-state index in [0.717, 1.165) is 58.6 Å². The summed E-state index contributed by atoms with van der Waals surface area (Å²) in [6.45, 7) is 6.06. The first-order chi connectivity index (χ1) is 20.3. The van der Waals surface area contributed by atoms with Gasteiger partial charge in [-0.15, -0.1) is 0 Å². The van der Waals surface area contributed by atoms with E-state index < -0.39 is 0 Å². The molecule has 0 saturated carbocycles. The number of aryl methyl sites for hydroxylation is 2. The van der Waals surface area contributed by atoms with Gasteiger partial charge in [-0.05, 0) is 62.5 Å². The Hall–Kier alpha value is -4.54. The van der Waals surface area contributed by atoms with Gasteiger partial charge >= 0.3 is 0 Å². The SMILES string of the molecule is Cc1cc(NC(=O)c2ccccc2Sc2ccc3c(c2)NC(=O)C3=CNc2ccc(N3CCN(C)CC3)cc2)n(C)n1. The van der Waals surface area contributed by atoms with Crippen LogP contribution in [0.2, 0.25) is 0 Å². The van der Waals surface area contributed by atoms with Crippen molar-refractivity contribution in [1.82, 2.24) is 14.7 Å². The third-order valence-electron chi connectivity index (χ3n) is 7.50. The van der Waals surface area contributed by atoms with Crippen molar-refractivity contribution in [3.63, 3.8) is 0 Å². The number of amides is 2. The first-order valence-corrected chi connectivity index (χ1v) is 14.7. The normalized spacial score (nSPS) is 15.9. The predicted molar refractivity (Wildman–Crippen MR) is 169 cm³/mol. The molecule has 3 aromatic carbocycles. The molecule has 3 N–H and O–H groups in total. The predicted octanol–water partition coefficient (Wildman–Crippen LogP) is 5.29. The molecule has 1 fully saturated rings. The number of fused-ring (bicyclic) bond motifs is 1. The highest BCUT2D eigenvalue weighted by atomic mass is 32.2. The van der Waals surface area contributed by atoms with Crippen LogP contribution >= 0.6 is 11.8 Å². The molecule has 2 amide bonds. The van der Waals surface area contributed by atoms with Crippen molar-refractivity contribution in [3.8, 4) is 0 Å². The van der Waals surface area contributed by atoms with Gasteiger partial charge in [0.15, 0.2) is 0 Å². The fourth-order valence-electron chi connectivity index (χ4n) is 5.15. The number of carbonyl (C=O) groups is 2. The summed E-state index contributed by atoms with van der Waals surface area (Å²) in [5.41, 5.74) is 5.69. The number of nitrogens with zero attached hydrogens (tertiary/aromatic N) is 4. The Morgan fingerprint density at radius 3 is 2.48 bits per heavy atom. The third-order valence-corrected chi connectivity index (χ3v) is 8.56. The van der Waals surface area contributed by atoms with Crippen LogP contribution in [-0.2, 0) is 11.8 Å². The maximum absolute atomic E-state index is 13.1. The van der Waals surface area contributed by atoms with E-state index in [-0.39, 0.29) is 11.8 Å². The van der Waals surface area contributed by atoms with E-state index in [4.69, 9.17) is 0 Å². The van der Waals surface area contributed by atoms with Crippen LogP contribution in [0.25, 0.3) is 5.57 Å². The summed E-state index contributed by atoms with van der Waals surface area (Å²) >= 11 is 1.48. The van der Waals surface area contributed by atoms with Crippen LogP contribution < -0.4 is 20.9 Å². The summed E-state index contributed by atoms with van der Waals surface area (Å²) in [7, 11) is 3.95. The maximum atomic E-state index is 13.1. The summed E-state index contributed by atoms with van der Waals surface area (Å²) in [4.78, 5) is 32.4. The lowest BCUT2D eigenvalue weighted by Gasteiger charge is -2.34. The summed E-state index contributed by atoms with van der Waals surface area (Å²) in [5, 5.41) is 13.5. The van der Waals surface area contributed by atoms with Crippen LogP contribution in [0.1, 0.15) is 21.6 Å². The maximum Gasteiger partial charge on any atom is 0.257 e. The molecule has 2 aliphatic heterocycles. The monoisotopic (exact) mass is 579 g/mol. The van der Waals surface area contributed by atoms with Gasteiger partial charge in [0, 0.05) is 72.2 Å². The number of anilines is 4. The largest absolute Gasteiger partial charge is 0.369 e. The summed E-state index contributed by atoms with van der Waals surface area (Å²) in [5.74, 6) is 0.278. The lowest BCUT2D eigenvalue weighted by atomic mass is 10.1. The van der Waals surface area contributed by atoms with Gasteiger partial charge in [0.25, 0.3) is 11.8 Å². The number of hydrogen-bond acceptors (Lipinski definition) is 7. The Kier molecular flexibility index (Phi) is 7.73. The van der Waals surface area contributed by atoms with E-state index >= 15 is 0 Å². The molecule has 0 aliphatic carbocycles. The van der Waals surface area contributed by atoms with Crippen molar-refractivity contribution in [3.05, 3.63) is 95.8 Å². The van der Waals surface area contributed by atoms with Crippen LogP contribution in [0.4, 0.5) is 22.9 Å². The molecular weight excluding hydrogens is 546 g/mol. The fraction of sp³-hybridized carbons (Fsp3) is 0.219. The van der Waals surface area contributed by atoms with Gasteiger partial charge in [0.2, 0.25) is 0 Å². The van der Waals surface area contributed by atoms with Gasteiger partial charge < -0.3 is 25.8 Å². The highest BCUT2D eigenvalue weighted by molar-refractivity contribution is 7.99. The minimum atomic E-state index is -0.205. The lowest BCUT2D eigenvalue weighted by molar-refractivity contribution is -0.110. The molecule has 10 heteroatoms. The van der Waals surface area contributed by atoms with Gasteiger partial charge in [-0.2, -0.15) is 5.10 Å². The molecule has 42 heavy (non-hydrogen) atoms. The van der Waals surface area contributed by atoms with Crippen molar-refractivity contribution >= 4 is 52.0 Å². The second-order valence-corrected chi connectivity index (χ2v) is 11.7. The quantitative estimate of drug-likeness (QED) is 0.256. The molecule has 2 aliphatic rings. The van der Waals surface area contributed by atoms with Crippen molar-refractivity contribution < 1.29 is 9.59 Å². The Balaban J connectivity index is 1.14. The second kappa shape index (κ2) is 11.8. The Morgan fingerprint density at radius 2 is 1.74 bits per heavy atom. The minimum Gasteiger partial charge on any atom is -0.369 e. The van der Waals surface area contributed by atoms with Crippen molar-refractivity contribution in [1.29, 1.82) is 0 Å². The average Bonchev–Trinajstić information content (AvgIpc) is 3.48. The molecular formula is C32H33N7O2S. The zero-order chi connectivity index (χ0) is 29.2. The first kappa shape index (κ1) is 27.6. The number of hydrogen-bond donors (Lipinski definition) is 3. The minimum absolute atomic E-state index is 0.153. The number of likely N-dealkylation sites (N-methyl/N-ethyl adjacent to an activating group) is 1. The Bertz CT molecular complexity index is 1670. The number of nitrogens with one attached hydrogen (secondary N) is 3. The molecule has 9 nitrogen and oxygen atoms in total. The van der Waals surface area contributed by atoms with Crippen LogP contribution in [0.5, 0.6) is 0 Å². The van der Waals surface area contributed by atoms with E-state index in [1.165, 1.54) is 17.4 Å². The third kappa shape index (κ3) is 5.90. The number of piperazine rings is 1. The van der Waals surface area contributed by atoms with Gasteiger partial charge in [0.05, 0.1) is 22.5 Å². The molecule has 0 atom stereocenters. The highest BCUT2D eigenvalue weighted by Crippen LogP contribution is 2.38. The van der Waals surface area contributed by atoms with E-state index in [1.54, 1.807) is 24.0 Å². The molecule has 214 valence electrons. The Morgan fingerprint density at radius 1 is 0.976 bits per heavy atom. The molecule has 0 spiro atoms. The van der Waals surface area contributed by atoms with E-state index in [9.17, 15) is 9.59 Å². The zero-order valence-corrected chi connectivity index (χ0v) is 24.7. The fourth-order valence-corrected chi connectivity index (χ4v) is 6.13. The summed E-state index contributed by atoms with van der Waals surface area (Å²) in [6, 6.07) is 23.5. The lowest BCUT2D eigenvalue weighted by Crippen LogP contribution is -2.44. The van der Waals surface area contributed by atoms with Crippen LogP contribution in [-0.4, -0.2) is 59.7 Å². The number of benzene rings is 3. The molecule has 6 rings (SSSR count). The van der Waals surface area contributed by atoms with E-state index in [2.05, 4.69) is 50.0 Å². The standard InChI is InChI=1S/C32H33N7O2S/c1-21-18-30(38(3)36-21)35-31(40)26-6-4-5-7-29(26)42-24-12-13-25-27(32(41)34-28(25)19-24)20-33-22-8-10-23(11-9-22)39-16-14-37(2)15-17-39/h4-13,18-20,33H,14-17H2,1-3H3,(H,34,41)(H,35,40). The molecule has 1 saturated heterocycles. The topological polar surface area (TPSA) is 94.5 Å². The smallest absolute Gasteiger partial charge is 0.257 e. The molecule has 3 heterocycles. The number of carbonyl (C=O) groups excluding carboxylic acids is 2. The van der Waals surface area contributed by atoms with Crippen molar-refractivity contribution in [2.45, 2.75) is 16.7 Å². The van der Waals surface area contributed by atoms with Gasteiger partial charge in [-0.3, -0.25) is 14.3 Å². The van der Waals surface area contributed by atoms with Gasteiger partial charge in [-0.25, -0.2) is 0 Å². The first-order valence-electron chi connectivity index (χ1n) is 13.9. The van der Waals surface area contributed by atoms with Gasteiger partial charge in [-0.1, -0.05) is 30.0 Å². The van der Waals surface area contributed by atoms with Gasteiger partial charge in [0.1, 0.15) is 5.82 Å². The van der Waals surface area contributed by atoms with E-state index in [0.29, 0.717) is 17.0 Å². The Labute approximate surface area is 249 Å². The highest BCUT2D eigenvalue weighted by Gasteiger charge is 2.25. The average molecular weight is 580 g/mol. The second-order valence-electron chi connectivity index (χ2n) is 10.5. The van der Waals surface area contributed by atoms with Crippen molar-refractivity contribution in [2.75, 3.05) is 54.1 Å². The van der Waals surface area contributed by atoms with Crippen LogP contribution in [0, 0.1) is 6.92 Å². The molecule has 0 bridgehead atoms. The van der Waals surface area contributed by atoms with Crippen LogP contribution in [0.3, 0.4) is 0 Å². The number of aromatic nitrogens is 2. The zero-order valence-electron chi connectivity index (χ0n) is 23.8. The summed E-state index contributed by atoms with van der Waals surface area (Å²) in [6.07, 6.45) is 1.76. The molecule has 1 aromatic heterocycles. The molecule has 0 radical (unpaired) electrons. The molecule has 0 unspecified atom stereocenters. The van der Waals surface area contributed by atoms with Crippen molar-refractivity contribution in [2.24, 2.45) is 7.05 Å². The van der Waals surface area contributed by atoms with E-state index in [1.807, 2.05) is 61.5 Å². The number of rotatable bonds is 7. The summed E-state index contributed by atoms with van der Waals surface area (Å²) < 4.78 is 1.65. The van der Waals surface area contributed by atoms with Crippen LogP contribution in [0.15, 0.2) is 88.8 Å².